The molecule has 1 heterocycles. The third-order valence-electron chi connectivity index (χ3n) is 4.37. The van der Waals surface area contributed by atoms with E-state index in [2.05, 4.69) is 73.0 Å². The van der Waals surface area contributed by atoms with Gasteiger partial charge in [0.05, 0.1) is 5.52 Å². The van der Waals surface area contributed by atoms with Gasteiger partial charge in [-0.05, 0) is 44.0 Å². The molecule has 0 saturated heterocycles. The fraction of sp³-hybridized carbons (Fsp3) is 0.333. The van der Waals surface area contributed by atoms with Crippen molar-refractivity contribution in [3.8, 4) is 5.69 Å². The van der Waals surface area contributed by atoms with Gasteiger partial charge in [0.25, 0.3) is 0 Å². The fourth-order valence-electron chi connectivity index (χ4n) is 3.13. The maximum absolute atomic E-state index is 2.43. The molecule has 0 radical (unpaired) electrons. The molecule has 0 amide bonds. The van der Waals surface area contributed by atoms with Crippen LogP contribution in [0.15, 0.2) is 54.6 Å². The van der Waals surface area contributed by atoms with Gasteiger partial charge in [0.1, 0.15) is 0 Å². The highest BCUT2D eigenvalue weighted by atomic mass is 15.0. The summed E-state index contributed by atoms with van der Waals surface area (Å²) in [6.45, 7) is 4.41. The van der Waals surface area contributed by atoms with Gasteiger partial charge < -0.3 is 4.57 Å². The van der Waals surface area contributed by atoms with Gasteiger partial charge in [0, 0.05) is 16.8 Å². The molecule has 1 heteroatoms. The minimum absolute atomic E-state index is 1.16. The first-order chi connectivity index (χ1) is 10.8. The normalized spacial score (nSPS) is 11.2. The minimum Gasteiger partial charge on any atom is -0.314 e. The molecule has 2 aromatic carbocycles. The molecule has 0 aliphatic heterocycles. The van der Waals surface area contributed by atoms with Crippen LogP contribution in [0.3, 0.4) is 0 Å². The number of hydrogen-bond donors (Lipinski definition) is 0. The Morgan fingerprint density at radius 1 is 0.864 bits per heavy atom. The monoisotopic (exact) mass is 291 g/mol. The second-order valence-electron chi connectivity index (χ2n) is 6.18. The zero-order valence-corrected chi connectivity index (χ0v) is 13.7. The van der Waals surface area contributed by atoms with E-state index in [0.717, 1.165) is 6.42 Å². The van der Waals surface area contributed by atoms with E-state index in [1.807, 2.05) is 0 Å². The molecule has 0 spiro atoms. The largest absolute Gasteiger partial charge is 0.314 e. The van der Waals surface area contributed by atoms with Gasteiger partial charge in [-0.3, -0.25) is 0 Å². The zero-order valence-electron chi connectivity index (χ0n) is 13.7. The number of benzene rings is 2. The smallest absolute Gasteiger partial charge is 0.0531 e. The van der Waals surface area contributed by atoms with Gasteiger partial charge in [-0.1, -0.05) is 62.1 Å². The van der Waals surface area contributed by atoms with Crippen molar-refractivity contribution in [2.45, 2.75) is 46.0 Å². The molecule has 0 fully saturated rings. The summed E-state index contributed by atoms with van der Waals surface area (Å²) in [5.41, 5.74) is 5.33. The van der Waals surface area contributed by atoms with Crippen molar-refractivity contribution in [2.75, 3.05) is 0 Å². The van der Waals surface area contributed by atoms with Crippen LogP contribution in [0, 0.1) is 6.92 Å². The molecule has 22 heavy (non-hydrogen) atoms. The summed E-state index contributed by atoms with van der Waals surface area (Å²) in [6.07, 6.45) is 6.39. The lowest BCUT2D eigenvalue weighted by Gasteiger charge is -2.11. The van der Waals surface area contributed by atoms with Gasteiger partial charge in [-0.25, -0.2) is 0 Å². The van der Waals surface area contributed by atoms with E-state index in [9.17, 15) is 0 Å². The number of aryl methyl sites for hydroxylation is 2. The van der Waals surface area contributed by atoms with Gasteiger partial charge >= 0.3 is 0 Å². The molecule has 1 nitrogen and oxygen atoms in total. The highest BCUT2D eigenvalue weighted by molar-refractivity contribution is 5.83. The van der Waals surface area contributed by atoms with Crippen LogP contribution < -0.4 is 0 Å². The van der Waals surface area contributed by atoms with Crippen molar-refractivity contribution < 1.29 is 0 Å². The standard InChI is InChI=1S/C21H25N/c1-3-4-5-6-10-20-16-18-9-7-8-11-21(18)22(20)19-14-12-17(2)13-15-19/h7-9,11-16H,3-6,10H2,1-2H3. The quantitative estimate of drug-likeness (QED) is 0.486. The van der Waals surface area contributed by atoms with Crippen molar-refractivity contribution in [1.29, 1.82) is 0 Å². The van der Waals surface area contributed by atoms with Crippen molar-refractivity contribution in [1.82, 2.24) is 4.57 Å². The van der Waals surface area contributed by atoms with Gasteiger partial charge in [-0.15, -0.1) is 0 Å². The van der Waals surface area contributed by atoms with E-state index in [1.54, 1.807) is 0 Å². The lowest BCUT2D eigenvalue weighted by atomic mass is 10.1. The number of para-hydroxylation sites is 1. The molecule has 0 aliphatic rings. The number of fused-ring (bicyclic) bond motifs is 1. The van der Waals surface area contributed by atoms with Gasteiger partial charge in [0.15, 0.2) is 0 Å². The average Bonchev–Trinajstić information content (AvgIpc) is 2.91. The summed E-state index contributed by atoms with van der Waals surface area (Å²) in [7, 11) is 0. The summed E-state index contributed by atoms with van der Waals surface area (Å²) in [5.74, 6) is 0. The van der Waals surface area contributed by atoms with Crippen LogP contribution in [-0.4, -0.2) is 4.57 Å². The topological polar surface area (TPSA) is 4.93 Å². The Labute approximate surface area is 133 Å². The van der Waals surface area contributed by atoms with E-state index in [1.165, 1.54) is 53.5 Å². The Morgan fingerprint density at radius 2 is 1.64 bits per heavy atom. The van der Waals surface area contributed by atoms with Crippen molar-refractivity contribution >= 4 is 10.9 Å². The minimum atomic E-state index is 1.16. The molecule has 3 rings (SSSR count). The molecule has 3 aromatic rings. The number of rotatable bonds is 6. The summed E-state index contributed by atoms with van der Waals surface area (Å²) >= 11 is 0. The maximum atomic E-state index is 2.43. The fourth-order valence-corrected chi connectivity index (χ4v) is 3.13. The first-order valence-electron chi connectivity index (χ1n) is 8.46. The summed E-state index contributed by atoms with van der Waals surface area (Å²) in [4.78, 5) is 0. The molecule has 0 atom stereocenters. The Bertz CT molecular complexity index is 734. The van der Waals surface area contributed by atoms with E-state index < -0.39 is 0 Å². The van der Waals surface area contributed by atoms with E-state index in [4.69, 9.17) is 0 Å². The Hall–Kier alpha value is -2.02. The predicted molar refractivity (Wildman–Crippen MR) is 95.9 cm³/mol. The van der Waals surface area contributed by atoms with Gasteiger partial charge in [0.2, 0.25) is 0 Å². The highest BCUT2D eigenvalue weighted by Gasteiger charge is 2.09. The zero-order chi connectivity index (χ0) is 15.4. The van der Waals surface area contributed by atoms with Crippen LogP contribution >= 0.6 is 0 Å². The number of hydrogen-bond acceptors (Lipinski definition) is 0. The third kappa shape index (κ3) is 3.09. The Balaban J connectivity index is 1.99. The van der Waals surface area contributed by atoms with Crippen LogP contribution in [0.5, 0.6) is 0 Å². The van der Waals surface area contributed by atoms with Crippen LogP contribution in [0.4, 0.5) is 0 Å². The number of unbranched alkanes of at least 4 members (excludes halogenated alkanes) is 3. The lowest BCUT2D eigenvalue weighted by molar-refractivity contribution is 0.657. The van der Waals surface area contributed by atoms with E-state index in [-0.39, 0.29) is 0 Å². The molecule has 114 valence electrons. The molecule has 0 unspecified atom stereocenters. The van der Waals surface area contributed by atoms with Crippen molar-refractivity contribution in [3.05, 3.63) is 65.9 Å². The predicted octanol–water partition coefficient (Wildman–Crippen LogP) is 6.06. The van der Waals surface area contributed by atoms with Gasteiger partial charge in [-0.2, -0.15) is 0 Å². The Kier molecular flexibility index (Phi) is 4.62. The molecule has 0 saturated carbocycles. The average molecular weight is 291 g/mol. The van der Waals surface area contributed by atoms with E-state index >= 15 is 0 Å². The molecular formula is C21H25N. The number of nitrogens with zero attached hydrogens (tertiary/aromatic N) is 1. The lowest BCUT2D eigenvalue weighted by Crippen LogP contribution is -2.00. The first-order valence-corrected chi connectivity index (χ1v) is 8.46. The summed E-state index contributed by atoms with van der Waals surface area (Å²) in [6, 6.07) is 19.9. The molecule has 1 aromatic heterocycles. The third-order valence-corrected chi connectivity index (χ3v) is 4.37. The van der Waals surface area contributed by atoms with E-state index in [0.29, 0.717) is 0 Å². The SMILES string of the molecule is CCCCCCc1cc2ccccc2n1-c1ccc(C)cc1. The summed E-state index contributed by atoms with van der Waals surface area (Å²) < 4.78 is 2.43. The van der Waals surface area contributed by atoms with Crippen molar-refractivity contribution in [2.24, 2.45) is 0 Å². The molecule has 0 aliphatic carbocycles. The van der Waals surface area contributed by atoms with Crippen LogP contribution in [0.1, 0.15) is 43.9 Å². The highest BCUT2D eigenvalue weighted by Crippen LogP contribution is 2.26. The van der Waals surface area contributed by atoms with Crippen LogP contribution in [0.2, 0.25) is 0 Å². The van der Waals surface area contributed by atoms with Crippen molar-refractivity contribution in [3.63, 3.8) is 0 Å². The maximum Gasteiger partial charge on any atom is 0.0531 e. The first kappa shape index (κ1) is 14.9. The molecule has 0 bridgehead atoms. The van der Waals surface area contributed by atoms with Crippen LogP contribution in [-0.2, 0) is 6.42 Å². The number of aromatic nitrogens is 1. The summed E-state index contributed by atoms with van der Waals surface area (Å²) in [5, 5.41) is 1.34. The molecular weight excluding hydrogens is 266 g/mol. The van der Waals surface area contributed by atoms with Crippen LogP contribution in [0.25, 0.3) is 16.6 Å². The second kappa shape index (κ2) is 6.83. The Morgan fingerprint density at radius 3 is 2.41 bits per heavy atom. The second-order valence-corrected chi connectivity index (χ2v) is 6.18. The molecule has 0 N–H and O–H groups in total.